The smallest absolute Gasteiger partial charge is 0.303 e. The molecule has 0 bridgehead atoms. The number of hydrogen-bond donors (Lipinski definition) is 1. The topological polar surface area (TPSA) is 99.1 Å². The van der Waals surface area contributed by atoms with Crippen molar-refractivity contribution in [2.24, 2.45) is 28.6 Å². The number of halogens is 1. The highest BCUT2D eigenvalue weighted by atomic mass is 19.1. The molecule has 0 amide bonds. The number of carbonyl (C=O) groups is 3. The van der Waals surface area contributed by atoms with Gasteiger partial charge in [-0.25, -0.2) is 4.39 Å². The van der Waals surface area contributed by atoms with Gasteiger partial charge in [-0.15, -0.1) is 0 Å². The van der Waals surface area contributed by atoms with Crippen LogP contribution < -0.4 is 0 Å². The molecule has 0 aromatic rings. The average molecular weight is 493 g/mol. The number of hydrogen-bond acceptors (Lipinski definition) is 7. The van der Waals surface area contributed by atoms with Crippen LogP contribution in [-0.4, -0.2) is 59.5 Å². The van der Waals surface area contributed by atoms with Gasteiger partial charge in [-0.2, -0.15) is 0 Å². The van der Waals surface area contributed by atoms with Crippen molar-refractivity contribution in [2.45, 2.75) is 103 Å². The molecule has 1 N–H and O–H groups in total. The van der Waals surface area contributed by atoms with Gasteiger partial charge in [0.2, 0.25) is 5.78 Å². The van der Waals surface area contributed by atoms with Gasteiger partial charge in [0.05, 0.1) is 12.2 Å². The Morgan fingerprint density at radius 2 is 2.03 bits per heavy atom. The van der Waals surface area contributed by atoms with Crippen molar-refractivity contribution < 1.29 is 38.1 Å². The predicted molar refractivity (Wildman–Crippen MR) is 123 cm³/mol. The molecule has 8 heteroatoms. The number of allylic oxidation sites excluding steroid dienone is 1. The Labute approximate surface area is 205 Å². The van der Waals surface area contributed by atoms with Crippen LogP contribution in [0.4, 0.5) is 4.39 Å². The summed E-state index contributed by atoms with van der Waals surface area (Å²) in [5.74, 6) is -1.46. The first-order chi connectivity index (χ1) is 16.5. The maximum Gasteiger partial charge on any atom is 0.303 e. The van der Waals surface area contributed by atoms with Crippen molar-refractivity contribution >= 4 is 17.5 Å². The van der Waals surface area contributed by atoms with Gasteiger partial charge in [-0.1, -0.05) is 27.2 Å². The van der Waals surface area contributed by atoms with Crippen LogP contribution in [0.25, 0.3) is 0 Å². The number of fused-ring (bicyclic) bond motifs is 7. The Balaban J connectivity index is 1.55. The molecule has 1 heterocycles. The standard InChI is InChI=1S/C27H37FO7/c1-5-6-23-34-22-11-17-16-10-19(28)18-9-15(30)7-8-25(18,3)24(16)20(31)12-26(17,4)27(22,35-23)21(32)13-33-14(2)29/h9,16-17,19-20,22-24,31H,5-8,10-13H2,1-4H3/t16-,17-,19-,20-,22+,23?,24+,25-,26-,27+/m0/s1. The van der Waals surface area contributed by atoms with Gasteiger partial charge in [-0.3, -0.25) is 14.4 Å². The van der Waals surface area contributed by atoms with Crippen LogP contribution in [0.1, 0.15) is 72.6 Å². The van der Waals surface area contributed by atoms with Crippen LogP contribution in [0.5, 0.6) is 0 Å². The first-order valence-corrected chi connectivity index (χ1v) is 13.0. The van der Waals surface area contributed by atoms with Crippen LogP contribution in [0.2, 0.25) is 0 Å². The minimum absolute atomic E-state index is 0.0529. The normalized spacial score (nSPS) is 48.3. The molecule has 194 valence electrons. The van der Waals surface area contributed by atoms with Crippen LogP contribution in [0, 0.1) is 28.6 Å². The molecule has 7 nitrogen and oxygen atoms in total. The second-order valence-electron chi connectivity index (χ2n) is 11.8. The summed E-state index contributed by atoms with van der Waals surface area (Å²) in [6.07, 6.45) is 1.67. The van der Waals surface area contributed by atoms with Crippen LogP contribution >= 0.6 is 0 Å². The van der Waals surface area contributed by atoms with Gasteiger partial charge < -0.3 is 19.3 Å². The molecule has 4 fully saturated rings. The van der Waals surface area contributed by atoms with Crippen LogP contribution in [-0.2, 0) is 28.6 Å². The molecule has 0 radical (unpaired) electrons. The third kappa shape index (κ3) is 3.42. The number of aliphatic hydroxyl groups excluding tert-OH is 1. The van der Waals surface area contributed by atoms with Crippen molar-refractivity contribution in [3.8, 4) is 0 Å². The summed E-state index contributed by atoms with van der Waals surface area (Å²) in [4.78, 5) is 37.3. The SMILES string of the molecule is CCCC1O[C@@H]2C[C@H]3[C@@H]4C[C@H](F)C5=CC(=O)CC[C@]5(C)[C@H]4[C@@H](O)C[C@]3(C)[C@]2(C(=O)COC(C)=O)O1. The second-order valence-corrected chi connectivity index (χ2v) is 11.8. The zero-order chi connectivity index (χ0) is 25.3. The summed E-state index contributed by atoms with van der Waals surface area (Å²) in [6.45, 7) is 6.80. The molecule has 3 saturated carbocycles. The van der Waals surface area contributed by atoms with Gasteiger partial charge >= 0.3 is 5.97 Å². The Kier molecular flexibility index (Phi) is 6.04. The minimum atomic E-state index is -1.36. The predicted octanol–water partition coefficient (Wildman–Crippen LogP) is 3.46. The van der Waals surface area contributed by atoms with E-state index in [0.29, 0.717) is 37.7 Å². The molecule has 1 unspecified atom stereocenters. The van der Waals surface area contributed by atoms with E-state index in [0.717, 1.165) is 6.42 Å². The molecule has 0 aromatic carbocycles. The summed E-state index contributed by atoms with van der Waals surface area (Å²) in [5, 5.41) is 11.6. The first kappa shape index (κ1) is 25.0. The molecule has 1 aliphatic heterocycles. The molecule has 0 aromatic heterocycles. The Morgan fingerprint density at radius 1 is 1.29 bits per heavy atom. The minimum Gasteiger partial charge on any atom is -0.458 e. The van der Waals surface area contributed by atoms with Crippen molar-refractivity contribution in [3.63, 3.8) is 0 Å². The molecule has 4 aliphatic carbocycles. The maximum absolute atomic E-state index is 15.6. The van der Waals surface area contributed by atoms with Gasteiger partial charge in [0.25, 0.3) is 0 Å². The fourth-order valence-corrected chi connectivity index (χ4v) is 8.65. The molecule has 35 heavy (non-hydrogen) atoms. The highest BCUT2D eigenvalue weighted by Gasteiger charge is 2.76. The quantitative estimate of drug-likeness (QED) is 0.587. The van der Waals surface area contributed by atoms with E-state index in [1.165, 1.54) is 13.0 Å². The van der Waals surface area contributed by atoms with Crippen molar-refractivity contribution in [1.82, 2.24) is 0 Å². The van der Waals surface area contributed by atoms with E-state index in [1.54, 1.807) is 0 Å². The monoisotopic (exact) mass is 492 g/mol. The van der Waals surface area contributed by atoms with Gasteiger partial charge in [0.1, 0.15) is 6.17 Å². The van der Waals surface area contributed by atoms with Crippen LogP contribution in [0.15, 0.2) is 11.6 Å². The Bertz CT molecular complexity index is 963. The van der Waals surface area contributed by atoms with E-state index in [1.807, 2.05) is 20.8 Å². The zero-order valence-electron chi connectivity index (χ0n) is 21.1. The lowest BCUT2D eigenvalue weighted by atomic mass is 9.45. The van der Waals surface area contributed by atoms with Crippen LogP contribution in [0.3, 0.4) is 0 Å². The number of ketones is 2. The van der Waals surface area contributed by atoms with Crippen molar-refractivity contribution in [2.75, 3.05) is 6.61 Å². The lowest BCUT2D eigenvalue weighted by Gasteiger charge is -2.61. The summed E-state index contributed by atoms with van der Waals surface area (Å²) in [7, 11) is 0. The first-order valence-electron chi connectivity index (χ1n) is 13.0. The third-order valence-electron chi connectivity index (χ3n) is 10.0. The molecule has 10 atom stereocenters. The largest absolute Gasteiger partial charge is 0.458 e. The van der Waals surface area contributed by atoms with Gasteiger partial charge in [0, 0.05) is 18.8 Å². The second kappa shape index (κ2) is 8.45. The molecular formula is C27H37FO7. The number of ether oxygens (including phenoxy) is 3. The van der Waals surface area contributed by atoms with E-state index < -0.39 is 53.7 Å². The van der Waals surface area contributed by atoms with E-state index in [4.69, 9.17) is 14.2 Å². The zero-order valence-corrected chi connectivity index (χ0v) is 21.1. The number of esters is 1. The number of rotatable bonds is 5. The summed E-state index contributed by atoms with van der Waals surface area (Å²) >= 11 is 0. The molecule has 0 spiro atoms. The fraction of sp³-hybridized carbons (Fsp3) is 0.815. The van der Waals surface area contributed by atoms with E-state index in [-0.39, 0.29) is 35.7 Å². The van der Waals surface area contributed by atoms with Crippen molar-refractivity contribution in [1.29, 1.82) is 0 Å². The lowest BCUT2D eigenvalue weighted by Crippen LogP contribution is -2.64. The highest BCUT2D eigenvalue weighted by Crippen LogP contribution is 2.70. The molecule has 1 saturated heterocycles. The summed E-state index contributed by atoms with van der Waals surface area (Å²) in [6, 6.07) is 0. The number of alkyl halides is 1. The van der Waals surface area contributed by atoms with E-state index in [2.05, 4.69) is 0 Å². The highest BCUT2D eigenvalue weighted by molar-refractivity contribution is 5.93. The lowest BCUT2D eigenvalue weighted by molar-refractivity contribution is -0.206. The van der Waals surface area contributed by atoms with E-state index in [9.17, 15) is 19.5 Å². The fourth-order valence-electron chi connectivity index (χ4n) is 8.65. The molecular weight excluding hydrogens is 455 g/mol. The Hall–Kier alpha value is -1.64. The summed E-state index contributed by atoms with van der Waals surface area (Å²) < 4.78 is 33.5. The van der Waals surface area contributed by atoms with Gasteiger partial charge in [-0.05, 0) is 66.9 Å². The Morgan fingerprint density at radius 3 is 2.71 bits per heavy atom. The maximum atomic E-state index is 15.6. The third-order valence-corrected chi connectivity index (χ3v) is 10.0. The summed E-state index contributed by atoms with van der Waals surface area (Å²) in [5.41, 5.74) is -2.24. The van der Waals surface area contributed by atoms with Gasteiger partial charge in [0.15, 0.2) is 24.3 Å². The number of Topliss-reactive ketones (excluding diaryl/α,β-unsaturated/α-hetero) is 1. The van der Waals surface area contributed by atoms with Crippen molar-refractivity contribution in [3.05, 3.63) is 11.6 Å². The number of carbonyl (C=O) groups excluding carboxylic acids is 3. The number of aliphatic hydroxyl groups is 1. The molecule has 5 rings (SSSR count). The molecule has 5 aliphatic rings. The van der Waals surface area contributed by atoms with E-state index >= 15 is 4.39 Å². The average Bonchev–Trinajstić information content (AvgIpc) is 3.26.